The fourth-order valence-corrected chi connectivity index (χ4v) is 2.56. The predicted octanol–water partition coefficient (Wildman–Crippen LogP) is 5.25. The lowest BCUT2D eigenvalue weighted by molar-refractivity contribution is -0.112. The number of hydrogen-bond donors (Lipinski definition) is 1. The molecule has 6 heteroatoms. The molecule has 1 amide bonds. The average Bonchev–Trinajstić information content (AvgIpc) is 2.55. The molecule has 25 heavy (non-hydrogen) atoms. The fourth-order valence-electron chi connectivity index (χ4n) is 2.15. The molecule has 128 valence electrons. The maximum Gasteiger partial charge on any atom is 0.266 e. The van der Waals surface area contributed by atoms with Crippen molar-refractivity contribution in [3.63, 3.8) is 0 Å². The number of nitriles is 1. The van der Waals surface area contributed by atoms with E-state index in [1.807, 2.05) is 19.9 Å². The van der Waals surface area contributed by atoms with Crippen LogP contribution in [0.1, 0.15) is 18.1 Å². The summed E-state index contributed by atoms with van der Waals surface area (Å²) in [5, 5.41) is 13.0. The van der Waals surface area contributed by atoms with E-state index in [2.05, 4.69) is 5.32 Å². The van der Waals surface area contributed by atoms with E-state index in [9.17, 15) is 10.1 Å². The molecule has 0 aromatic heterocycles. The fraction of sp³-hybridized carbons (Fsp3) is 0.158. The quantitative estimate of drug-likeness (QED) is 0.574. The normalized spacial score (nSPS) is 10.9. The van der Waals surface area contributed by atoms with Crippen LogP contribution in [0.2, 0.25) is 10.0 Å². The number of rotatable bonds is 5. The molecule has 0 spiro atoms. The molecule has 0 unspecified atom stereocenters. The zero-order chi connectivity index (χ0) is 18.4. The van der Waals surface area contributed by atoms with Crippen LogP contribution in [0.5, 0.6) is 5.75 Å². The van der Waals surface area contributed by atoms with E-state index in [0.717, 1.165) is 5.56 Å². The number of ether oxygens (including phenoxy) is 1. The molecular formula is C19H16Cl2N2O2. The van der Waals surface area contributed by atoms with Gasteiger partial charge in [-0.05, 0) is 61.4 Å². The molecule has 0 heterocycles. The lowest BCUT2D eigenvalue weighted by atomic mass is 10.1. The lowest BCUT2D eigenvalue weighted by Gasteiger charge is -2.09. The summed E-state index contributed by atoms with van der Waals surface area (Å²) in [4.78, 5) is 12.4. The Morgan fingerprint density at radius 3 is 2.68 bits per heavy atom. The predicted molar refractivity (Wildman–Crippen MR) is 101 cm³/mol. The van der Waals surface area contributed by atoms with Gasteiger partial charge >= 0.3 is 0 Å². The van der Waals surface area contributed by atoms with Gasteiger partial charge in [-0.1, -0.05) is 29.3 Å². The number of nitrogens with zero attached hydrogens (tertiary/aromatic N) is 1. The molecule has 2 aromatic rings. The van der Waals surface area contributed by atoms with Crippen molar-refractivity contribution >= 4 is 40.9 Å². The van der Waals surface area contributed by atoms with Crippen LogP contribution in [0.25, 0.3) is 6.08 Å². The van der Waals surface area contributed by atoms with Crippen LogP contribution in [-0.2, 0) is 4.79 Å². The van der Waals surface area contributed by atoms with Crippen LogP contribution in [0.3, 0.4) is 0 Å². The first-order chi connectivity index (χ1) is 11.9. The Kier molecular flexibility index (Phi) is 6.46. The summed E-state index contributed by atoms with van der Waals surface area (Å²) in [5.74, 6) is 0.0513. The van der Waals surface area contributed by atoms with E-state index >= 15 is 0 Å². The highest BCUT2D eigenvalue weighted by molar-refractivity contribution is 6.31. The number of carbonyl (C=O) groups excluding carboxylic acids is 1. The summed E-state index contributed by atoms with van der Waals surface area (Å²) in [6, 6.07) is 12.1. The second-order valence-electron chi connectivity index (χ2n) is 5.24. The number of hydrogen-bond acceptors (Lipinski definition) is 3. The molecule has 2 rings (SSSR count). The Hall–Kier alpha value is -2.48. The van der Waals surface area contributed by atoms with Crippen molar-refractivity contribution in [1.29, 1.82) is 5.26 Å². The maximum atomic E-state index is 12.4. The number of halogens is 2. The van der Waals surface area contributed by atoms with Crippen molar-refractivity contribution in [1.82, 2.24) is 0 Å². The first-order valence-corrected chi connectivity index (χ1v) is 8.31. The summed E-state index contributed by atoms with van der Waals surface area (Å²) in [7, 11) is 0. The van der Waals surface area contributed by atoms with Gasteiger partial charge in [0.05, 0.1) is 6.61 Å². The first kappa shape index (κ1) is 18.9. The number of benzene rings is 2. The van der Waals surface area contributed by atoms with Crippen LogP contribution in [0.15, 0.2) is 42.0 Å². The molecule has 0 aliphatic carbocycles. The van der Waals surface area contributed by atoms with Gasteiger partial charge in [0.2, 0.25) is 0 Å². The van der Waals surface area contributed by atoms with Crippen molar-refractivity contribution in [3.05, 3.63) is 63.1 Å². The van der Waals surface area contributed by atoms with Crippen LogP contribution in [0, 0.1) is 18.3 Å². The SMILES string of the molecule is CCOc1cc(Cl)cc(/C=C(\C#N)C(=O)Nc2cc(Cl)ccc2C)c1. The summed E-state index contributed by atoms with van der Waals surface area (Å²) < 4.78 is 5.42. The second-order valence-corrected chi connectivity index (χ2v) is 6.11. The van der Waals surface area contributed by atoms with Gasteiger partial charge in [-0.25, -0.2) is 0 Å². The van der Waals surface area contributed by atoms with Gasteiger partial charge in [0, 0.05) is 15.7 Å². The van der Waals surface area contributed by atoms with Gasteiger partial charge in [-0.3, -0.25) is 4.79 Å². The molecule has 4 nitrogen and oxygen atoms in total. The number of anilines is 1. The van der Waals surface area contributed by atoms with Crippen LogP contribution in [-0.4, -0.2) is 12.5 Å². The van der Waals surface area contributed by atoms with Crippen molar-refractivity contribution in [3.8, 4) is 11.8 Å². The van der Waals surface area contributed by atoms with Crippen LogP contribution < -0.4 is 10.1 Å². The summed E-state index contributed by atoms with van der Waals surface area (Å²) in [5.41, 5.74) is 1.95. The Morgan fingerprint density at radius 1 is 1.24 bits per heavy atom. The highest BCUT2D eigenvalue weighted by atomic mass is 35.5. The Bertz CT molecular complexity index is 870. The van der Waals surface area contributed by atoms with E-state index in [0.29, 0.717) is 33.7 Å². The standard InChI is InChI=1S/C19H16Cl2N2O2/c1-3-25-17-8-13(7-16(21)9-17)6-14(11-22)19(24)23-18-10-15(20)5-4-12(18)2/h4-10H,3H2,1-2H3,(H,23,24)/b14-6+. The maximum absolute atomic E-state index is 12.4. The molecule has 1 N–H and O–H groups in total. The van der Waals surface area contributed by atoms with Crippen molar-refractivity contribution in [2.24, 2.45) is 0 Å². The highest BCUT2D eigenvalue weighted by Crippen LogP contribution is 2.24. The van der Waals surface area contributed by atoms with E-state index in [4.69, 9.17) is 27.9 Å². The lowest BCUT2D eigenvalue weighted by Crippen LogP contribution is -2.14. The molecule has 0 atom stereocenters. The smallest absolute Gasteiger partial charge is 0.266 e. The second kappa shape index (κ2) is 8.57. The molecule has 0 radical (unpaired) electrons. The summed E-state index contributed by atoms with van der Waals surface area (Å²) in [6.07, 6.45) is 1.46. The first-order valence-electron chi connectivity index (χ1n) is 7.55. The topological polar surface area (TPSA) is 62.1 Å². The molecule has 2 aromatic carbocycles. The number of amides is 1. The van der Waals surface area contributed by atoms with E-state index in [-0.39, 0.29) is 5.57 Å². The van der Waals surface area contributed by atoms with Gasteiger partial charge in [-0.15, -0.1) is 0 Å². The summed E-state index contributed by atoms with van der Waals surface area (Å²) in [6.45, 7) is 4.19. The molecule has 0 bridgehead atoms. The number of carbonyl (C=O) groups is 1. The molecule has 0 saturated carbocycles. The van der Waals surface area contributed by atoms with E-state index in [1.54, 1.807) is 36.4 Å². The van der Waals surface area contributed by atoms with Crippen molar-refractivity contribution in [2.75, 3.05) is 11.9 Å². The molecule has 0 saturated heterocycles. The third kappa shape index (κ3) is 5.25. The highest BCUT2D eigenvalue weighted by Gasteiger charge is 2.12. The third-order valence-electron chi connectivity index (χ3n) is 3.33. The van der Waals surface area contributed by atoms with Gasteiger partial charge < -0.3 is 10.1 Å². The number of aryl methyl sites for hydroxylation is 1. The van der Waals surface area contributed by atoms with Gasteiger partial charge in [-0.2, -0.15) is 5.26 Å². The van der Waals surface area contributed by atoms with Crippen LogP contribution >= 0.6 is 23.2 Å². The van der Waals surface area contributed by atoms with Crippen molar-refractivity contribution < 1.29 is 9.53 Å². The average molecular weight is 375 g/mol. The zero-order valence-electron chi connectivity index (χ0n) is 13.8. The molecule has 0 aliphatic rings. The van der Waals surface area contributed by atoms with E-state index in [1.165, 1.54) is 6.08 Å². The largest absolute Gasteiger partial charge is 0.494 e. The minimum absolute atomic E-state index is 0.0518. The minimum Gasteiger partial charge on any atom is -0.494 e. The Labute approximate surface area is 156 Å². The monoisotopic (exact) mass is 374 g/mol. The van der Waals surface area contributed by atoms with Crippen LogP contribution in [0.4, 0.5) is 5.69 Å². The number of nitrogens with one attached hydrogen (secondary N) is 1. The third-order valence-corrected chi connectivity index (χ3v) is 3.78. The Balaban J connectivity index is 2.29. The van der Waals surface area contributed by atoms with Crippen molar-refractivity contribution in [2.45, 2.75) is 13.8 Å². The summed E-state index contributed by atoms with van der Waals surface area (Å²) >= 11 is 12.0. The molecule has 0 fully saturated rings. The Morgan fingerprint density at radius 2 is 2.00 bits per heavy atom. The van der Waals surface area contributed by atoms with Gasteiger partial charge in [0.25, 0.3) is 5.91 Å². The zero-order valence-corrected chi connectivity index (χ0v) is 15.3. The van der Waals surface area contributed by atoms with Gasteiger partial charge in [0.15, 0.2) is 0 Å². The minimum atomic E-state index is -0.522. The molecule has 0 aliphatic heterocycles. The van der Waals surface area contributed by atoms with Gasteiger partial charge in [0.1, 0.15) is 17.4 Å². The van der Waals surface area contributed by atoms with E-state index < -0.39 is 5.91 Å². The molecular weight excluding hydrogens is 359 g/mol.